The summed E-state index contributed by atoms with van der Waals surface area (Å²) in [4.78, 5) is 2.26. The number of benzene rings is 3. The molecule has 0 unspecified atom stereocenters. The third-order valence-electron chi connectivity index (χ3n) is 6.06. The monoisotopic (exact) mass is 455 g/mol. The molecule has 0 saturated heterocycles. The van der Waals surface area contributed by atoms with E-state index in [1.165, 1.54) is 5.56 Å². The van der Waals surface area contributed by atoms with Crippen molar-refractivity contribution in [2.75, 3.05) is 6.54 Å². The molecule has 0 spiro atoms. The van der Waals surface area contributed by atoms with Gasteiger partial charge in [0.1, 0.15) is 5.75 Å². The minimum atomic E-state index is -0.574. The highest BCUT2D eigenvalue weighted by Gasteiger charge is 2.24. The van der Waals surface area contributed by atoms with Gasteiger partial charge in [0.25, 0.3) is 0 Å². The van der Waals surface area contributed by atoms with E-state index < -0.39 is 6.10 Å². The zero-order chi connectivity index (χ0) is 24.1. The number of nitrogens with zero attached hydrogens (tertiary/aromatic N) is 3. The van der Waals surface area contributed by atoms with Gasteiger partial charge in [-0.1, -0.05) is 66.2 Å². The molecule has 0 bridgehead atoms. The molecule has 176 valence electrons. The Kier molecular flexibility index (Phi) is 7.46. The van der Waals surface area contributed by atoms with Crippen LogP contribution in [0.5, 0.6) is 11.6 Å². The molecule has 0 fully saturated rings. The van der Waals surface area contributed by atoms with Crippen LogP contribution in [0.15, 0.2) is 84.9 Å². The van der Waals surface area contributed by atoms with Crippen LogP contribution in [0, 0.1) is 13.8 Å². The molecule has 0 aliphatic carbocycles. The zero-order valence-corrected chi connectivity index (χ0v) is 20.3. The quantitative estimate of drug-likeness (QED) is 0.325. The lowest BCUT2D eigenvalue weighted by Crippen LogP contribution is -2.34. The van der Waals surface area contributed by atoms with E-state index in [1.54, 1.807) is 0 Å². The van der Waals surface area contributed by atoms with Gasteiger partial charge in [-0.25, -0.2) is 4.68 Å². The molecule has 0 saturated carbocycles. The average molecular weight is 456 g/mol. The predicted molar refractivity (Wildman–Crippen MR) is 137 cm³/mol. The van der Waals surface area contributed by atoms with E-state index in [9.17, 15) is 5.11 Å². The molecule has 4 rings (SSSR count). The van der Waals surface area contributed by atoms with Gasteiger partial charge < -0.3 is 9.84 Å². The van der Waals surface area contributed by atoms with Crippen molar-refractivity contribution in [3.63, 3.8) is 0 Å². The number of aliphatic hydroxyl groups is 1. The highest BCUT2D eigenvalue weighted by molar-refractivity contribution is 5.43. The Hall–Kier alpha value is -3.41. The van der Waals surface area contributed by atoms with Gasteiger partial charge in [-0.2, -0.15) is 5.10 Å². The Morgan fingerprint density at radius 3 is 2.12 bits per heavy atom. The van der Waals surface area contributed by atoms with Gasteiger partial charge in [0.15, 0.2) is 0 Å². The maximum Gasteiger partial charge on any atom is 0.227 e. The summed E-state index contributed by atoms with van der Waals surface area (Å²) in [7, 11) is 0. The first-order chi connectivity index (χ1) is 16.4. The van der Waals surface area contributed by atoms with Gasteiger partial charge in [-0.3, -0.25) is 4.90 Å². The van der Waals surface area contributed by atoms with Gasteiger partial charge >= 0.3 is 0 Å². The molecule has 0 aliphatic heterocycles. The van der Waals surface area contributed by atoms with Crippen LogP contribution in [0.2, 0.25) is 0 Å². The van der Waals surface area contributed by atoms with Gasteiger partial charge in [-0.15, -0.1) is 0 Å². The predicted octanol–water partition coefficient (Wildman–Crippen LogP) is 6.23. The van der Waals surface area contributed by atoms with Crippen molar-refractivity contribution < 1.29 is 9.84 Å². The molecule has 0 amide bonds. The molecule has 34 heavy (non-hydrogen) atoms. The first-order valence-electron chi connectivity index (χ1n) is 11.8. The maximum atomic E-state index is 10.9. The zero-order valence-electron chi connectivity index (χ0n) is 20.3. The fourth-order valence-corrected chi connectivity index (χ4v) is 3.95. The van der Waals surface area contributed by atoms with Crippen LogP contribution >= 0.6 is 0 Å². The van der Waals surface area contributed by atoms with Crippen molar-refractivity contribution in [2.45, 2.75) is 46.4 Å². The molecule has 0 aliphatic rings. The molecule has 4 aromatic rings. The van der Waals surface area contributed by atoms with E-state index in [0.29, 0.717) is 19.0 Å². The lowest BCUT2D eigenvalue weighted by atomic mass is 10.1. The first-order valence-corrected chi connectivity index (χ1v) is 11.8. The second-order valence-corrected chi connectivity index (χ2v) is 8.98. The van der Waals surface area contributed by atoms with Crippen LogP contribution in [0.1, 0.15) is 42.3 Å². The standard InChI is InChI=1S/C29H33N3O2/c1-21(2)31(20-28(33)24-11-7-5-8-12-24)19-27-23(4)30-32(25-13-9-6-10-14-25)29(27)34-26-17-15-22(3)16-18-26/h5-18,21,28,33H,19-20H2,1-4H3/t28-/m1/s1. The number of hydrogen-bond donors (Lipinski definition) is 1. The molecule has 3 aromatic carbocycles. The van der Waals surface area contributed by atoms with E-state index in [1.807, 2.05) is 96.5 Å². The highest BCUT2D eigenvalue weighted by atomic mass is 16.5. The summed E-state index contributed by atoms with van der Waals surface area (Å²) in [5.74, 6) is 1.47. The fraction of sp³-hybridized carbons (Fsp3) is 0.276. The summed E-state index contributed by atoms with van der Waals surface area (Å²) in [5.41, 5.74) is 4.96. The molecular formula is C29H33N3O2. The number of para-hydroxylation sites is 1. The van der Waals surface area contributed by atoms with Crippen LogP contribution in [-0.2, 0) is 6.54 Å². The summed E-state index contributed by atoms with van der Waals surface area (Å²) in [6, 6.07) is 28.1. The fourth-order valence-electron chi connectivity index (χ4n) is 3.95. The third kappa shape index (κ3) is 5.56. The molecule has 0 radical (unpaired) electrons. The maximum absolute atomic E-state index is 10.9. The lowest BCUT2D eigenvalue weighted by molar-refractivity contribution is 0.0902. The summed E-state index contributed by atoms with van der Waals surface area (Å²) in [6.07, 6.45) is -0.574. The van der Waals surface area contributed by atoms with Gasteiger partial charge in [0, 0.05) is 19.1 Å². The van der Waals surface area contributed by atoms with Crippen LogP contribution < -0.4 is 4.74 Å². The number of ether oxygens (including phenoxy) is 1. The van der Waals surface area contributed by atoms with Crippen molar-refractivity contribution in [3.05, 3.63) is 107 Å². The molecule has 5 nitrogen and oxygen atoms in total. The third-order valence-corrected chi connectivity index (χ3v) is 6.06. The van der Waals surface area contributed by atoms with Crippen molar-refractivity contribution >= 4 is 0 Å². The summed E-state index contributed by atoms with van der Waals surface area (Å²) in [6.45, 7) is 9.50. The van der Waals surface area contributed by atoms with Crippen molar-refractivity contribution in [2.24, 2.45) is 0 Å². The van der Waals surface area contributed by atoms with E-state index in [4.69, 9.17) is 9.84 Å². The van der Waals surface area contributed by atoms with Gasteiger partial charge in [-0.05, 0) is 57.5 Å². The first kappa shape index (κ1) is 23.7. The van der Waals surface area contributed by atoms with Crippen LogP contribution in [0.25, 0.3) is 5.69 Å². The van der Waals surface area contributed by atoms with Gasteiger partial charge in [0.2, 0.25) is 5.88 Å². The van der Waals surface area contributed by atoms with Gasteiger partial charge in [0.05, 0.1) is 23.0 Å². The summed E-state index contributed by atoms with van der Waals surface area (Å²) < 4.78 is 8.32. The Labute approximate surface area is 202 Å². The van der Waals surface area contributed by atoms with Crippen molar-refractivity contribution in [1.82, 2.24) is 14.7 Å². The largest absolute Gasteiger partial charge is 0.439 e. The van der Waals surface area contributed by atoms with E-state index >= 15 is 0 Å². The smallest absolute Gasteiger partial charge is 0.227 e. The molecule has 1 aromatic heterocycles. The minimum absolute atomic E-state index is 0.227. The Bertz CT molecular complexity index is 1190. The molecule has 1 N–H and O–H groups in total. The van der Waals surface area contributed by atoms with E-state index in [2.05, 4.69) is 25.7 Å². The number of hydrogen-bond acceptors (Lipinski definition) is 4. The Balaban J connectivity index is 1.69. The van der Waals surface area contributed by atoms with E-state index in [0.717, 1.165) is 28.3 Å². The molecular weight excluding hydrogens is 422 g/mol. The molecule has 1 atom stereocenters. The minimum Gasteiger partial charge on any atom is -0.439 e. The normalized spacial score (nSPS) is 12.3. The van der Waals surface area contributed by atoms with E-state index in [-0.39, 0.29) is 6.04 Å². The van der Waals surface area contributed by atoms with Crippen LogP contribution in [0.3, 0.4) is 0 Å². The lowest BCUT2D eigenvalue weighted by Gasteiger charge is -2.29. The second-order valence-electron chi connectivity index (χ2n) is 8.98. The second kappa shape index (κ2) is 10.7. The summed E-state index contributed by atoms with van der Waals surface area (Å²) in [5, 5.41) is 15.8. The molecule has 1 heterocycles. The number of aromatic nitrogens is 2. The average Bonchev–Trinajstić information content (AvgIpc) is 3.15. The Morgan fingerprint density at radius 1 is 0.882 bits per heavy atom. The summed E-state index contributed by atoms with van der Waals surface area (Å²) >= 11 is 0. The number of aryl methyl sites for hydroxylation is 2. The Morgan fingerprint density at radius 2 is 1.50 bits per heavy atom. The number of rotatable bonds is 9. The number of aliphatic hydroxyl groups excluding tert-OH is 1. The highest BCUT2D eigenvalue weighted by Crippen LogP contribution is 2.32. The van der Waals surface area contributed by atoms with Crippen LogP contribution in [0.4, 0.5) is 0 Å². The van der Waals surface area contributed by atoms with Crippen LogP contribution in [-0.4, -0.2) is 32.4 Å². The topological polar surface area (TPSA) is 50.5 Å². The van der Waals surface area contributed by atoms with Crippen molar-refractivity contribution in [3.8, 4) is 17.3 Å². The molecule has 5 heteroatoms. The SMILES string of the molecule is Cc1ccc(Oc2c(CN(C[C@@H](O)c3ccccc3)C(C)C)c(C)nn2-c2ccccc2)cc1. The van der Waals surface area contributed by atoms with Crippen molar-refractivity contribution in [1.29, 1.82) is 0 Å².